The number of aromatic carboxylic acids is 1. The maximum Gasteiger partial charge on any atom is 0.354 e. The number of rotatable bonds is 2. The van der Waals surface area contributed by atoms with Crippen LogP contribution in [-0.2, 0) is 0 Å². The zero-order valence-electron chi connectivity index (χ0n) is 8.66. The molecule has 0 bridgehead atoms. The van der Waals surface area contributed by atoms with Gasteiger partial charge < -0.3 is 5.11 Å². The Morgan fingerprint density at radius 2 is 2.12 bits per heavy atom. The molecular weight excluding hydrogens is 218 g/mol. The SMILES string of the molecule is N#Cc1cccc(-c2cc(C(=O)O)ncn2)c1. The van der Waals surface area contributed by atoms with Crippen LogP contribution in [0.15, 0.2) is 36.7 Å². The lowest BCUT2D eigenvalue weighted by atomic mass is 10.1. The van der Waals surface area contributed by atoms with Gasteiger partial charge in [0, 0.05) is 5.56 Å². The first-order valence-corrected chi connectivity index (χ1v) is 4.76. The third-order valence-electron chi connectivity index (χ3n) is 2.17. The fourth-order valence-corrected chi connectivity index (χ4v) is 1.38. The lowest BCUT2D eigenvalue weighted by Crippen LogP contribution is -2.01. The first-order chi connectivity index (χ1) is 8.20. The molecule has 1 N–H and O–H groups in total. The number of carboxylic acids is 1. The van der Waals surface area contributed by atoms with Gasteiger partial charge in [0.1, 0.15) is 6.33 Å². The number of nitriles is 1. The first kappa shape index (κ1) is 10.8. The summed E-state index contributed by atoms with van der Waals surface area (Å²) in [6, 6.07) is 10.2. The van der Waals surface area contributed by atoms with Gasteiger partial charge in [0.25, 0.3) is 0 Å². The Hall–Kier alpha value is -2.74. The second-order valence-electron chi connectivity index (χ2n) is 3.29. The highest BCUT2D eigenvalue weighted by atomic mass is 16.4. The van der Waals surface area contributed by atoms with Crippen LogP contribution in [-0.4, -0.2) is 21.0 Å². The molecule has 0 spiro atoms. The lowest BCUT2D eigenvalue weighted by molar-refractivity contribution is 0.0690. The predicted octanol–water partition coefficient (Wildman–Crippen LogP) is 1.71. The van der Waals surface area contributed by atoms with Crippen LogP contribution in [0.3, 0.4) is 0 Å². The number of hydrogen-bond donors (Lipinski definition) is 1. The fraction of sp³-hybridized carbons (Fsp3) is 0. The highest BCUT2D eigenvalue weighted by molar-refractivity contribution is 5.86. The van der Waals surface area contributed by atoms with Crippen LogP contribution < -0.4 is 0 Å². The summed E-state index contributed by atoms with van der Waals surface area (Å²) in [4.78, 5) is 18.4. The molecule has 82 valence electrons. The van der Waals surface area contributed by atoms with Crippen LogP contribution in [0.1, 0.15) is 16.1 Å². The van der Waals surface area contributed by atoms with Gasteiger partial charge in [-0.25, -0.2) is 14.8 Å². The molecule has 1 heterocycles. The van der Waals surface area contributed by atoms with Gasteiger partial charge in [0.05, 0.1) is 17.3 Å². The van der Waals surface area contributed by atoms with Gasteiger partial charge in [-0.1, -0.05) is 12.1 Å². The summed E-state index contributed by atoms with van der Waals surface area (Å²) < 4.78 is 0. The Kier molecular flexibility index (Phi) is 2.79. The zero-order chi connectivity index (χ0) is 12.3. The van der Waals surface area contributed by atoms with Crippen molar-refractivity contribution in [3.05, 3.63) is 47.9 Å². The van der Waals surface area contributed by atoms with Gasteiger partial charge >= 0.3 is 5.97 Å². The molecule has 0 unspecified atom stereocenters. The third-order valence-corrected chi connectivity index (χ3v) is 2.17. The van der Waals surface area contributed by atoms with Crippen LogP contribution in [0.4, 0.5) is 0 Å². The minimum absolute atomic E-state index is 0.0719. The van der Waals surface area contributed by atoms with Gasteiger partial charge in [-0.05, 0) is 18.2 Å². The maximum atomic E-state index is 10.8. The van der Waals surface area contributed by atoms with E-state index in [1.165, 1.54) is 12.4 Å². The van der Waals surface area contributed by atoms with E-state index in [1.807, 2.05) is 6.07 Å². The molecule has 0 radical (unpaired) electrons. The second-order valence-corrected chi connectivity index (χ2v) is 3.29. The van der Waals surface area contributed by atoms with Crippen LogP contribution >= 0.6 is 0 Å². The van der Waals surface area contributed by atoms with E-state index in [2.05, 4.69) is 9.97 Å². The molecule has 0 aliphatic carbocycles. The second kappa shape index (κ2) is 4.41. The first-order valence-electron chi connectivity index (χ1n) is 4.76. The van der Waals surface area contributed by atoms with Crippen molar-refractivity contribution >= 4 is 5.97 Å². The molecule has 1 aromatic heterocycles. The Morgan fingerprint density at radius 1 is 1.29 bits per heavy atom. The summed E-state index contributed by atoms with van der Waals surface area (Å²) in [5.74, 6) is -1.11. The van der Waals surface area contributed by atoms with E-state index in [0.717, 1.165) is 0 Å². The molecule has 0 saturated heterocycles. The minimum atomic E-state index is -1.11. The number of carboxylic acid groups (broad SMARTS) is 1. The normalized spacial score (nSPS) is 9.59. The lowest BCUT2D eigenvalue weighted by Gasteiger charge is -2.01. The van der Waals surface area contributed by atoms with E-state index < -0.39 is 5.97 Å². The Labute approximate surface area is 97.0 Å². The molecule has 0 aliphatic heterocycles. The minimum Gasteiger partial charge on any atom is -0.477 e. The predicted molar refractivity (Wildman–Crippen MR) is 59.1 cm³/mol. The molecule has 0 fully saturated rings. The molecule has 0 aliphatic rings. The van der Waals surface area contributed by atoms with Crippen molar-refractivity contribution in [1.29, 1.82) is 5.26 Å². The fourth-order valence-electron chi connectivity index (χ4n) is 1.38. The molecule has 5 nitrogen and oxygen atoms in total. The van der Waals surface area contributed by atoms with Crippen molar-refractivity contribution in [3.63, 3.8) is 0 Å². The van der Waals surface area contributed by atoms with E-state index in [-0.39, 0.29) is 5.69 Å². The average Bonchev–Trinajstić information content (AvgIpc) is 2.39. The molecule has 1 aromatic carbocycles. The summed E-state index contributed by atoms with van der Waals surface area (Å²) in [6.45, 7) is 0. The summed E-state index contributed by atoms with van der Waals surface area (Å²) in [7, 11) is 0. The van der Waals surface area contributed by atoms with Crippen molar-refractivity contribution in [3.8, 4) is 17.3 Å². The van der Waals surface area contributed by atoms with Crippen molar-refractivity contribution in [2.75, 3.05) is 0 Å². The molecule has 0 atom stereocenters. The summed E-state index contributed by atoms with van der Waals surface area (Å²) >= 11 is 0. The highest BCUT2D eigenvalue weighted by Gasteiger charge is 2.07. The molecule has 17 heavy (non-hydrogen) atoms. The Balaban J connectivity index is 2.49. The van der Waals surface area contributed by atoms with Crippen LogP contribution in [0.5, 0.6) is 0 Å². The topological polar surface area (TPSA) is 86.9 Å². The number of hydrogen-bond acceptors (Lipinski definition) is 4. The quantitative estimate of drug-likeness (QED) is 0.840. The molecule has 0 amide bonds. The van der Waals surface area contributed by atoms with Gasteiger partial charge in [0.2, 0.25) is 0 Å². The van der Waals surface area contributed by atoms with E-state index >= 15 is 0 Å². The zero-order valence-corrected chi connectivity index (χ0v) is 8.66. The van der Waals surface area contributed by atoms with E-state index in [0.29, 0.717) is 16.8 Å². The number of aromatic nitrogens is 2. The molecule has 2 rings (SSSR count). The number of nitrogens with zero attached hydrogens (tertiary/aromatic N) is 3. The van der Waals surface area contributed by atoms with Gasteiger partial charge in [-0.2, -0.15) is 5.26 Å². The Morgan fingerprint density at radius 3 is 2.82 bits per heavy atom. The van der Waals surface area contributed by atoms with Crippen molar-refractivity contribution < 1.29 is 9.90 Å². The van der Waals surface area contributed by atoms with Gasteiger partial charge in [-0.15, -0.1) is 0 Å². The van der Waals surface area contributed by atoms with E-state index in [1.54, 1.807) is 24.3 Å². The van der Waals surface area contributed by atoms with Gasteiger partial charge in [-0.3, -0.25) is 0 Å². The van der Waals surface area contributed by atoms with Crippen molar-refractivity contribution in [1.82, 2.24) is 9.97 Å². The van der Waals surface area contributed by atoms with Crippen LogP contribution in [0.25, 0.3) is 11.3 Å². The monoisotopic (exact) mass is 225 g/mol. The number of carbonyl (C=O) groups is 1. The van der Waals surface area contributed by atoms with Crippen LogP contribution in [0, 0.1) is 11.3 Å². The maximum absolute atomic E-state index is 10.8. The van der Waals surface area contributed by atoms with E-state index in [9.17, 15) is 4.79 Å². The molecule has 0 saturated carbocycles. The molecular formula is C12H7N3O2. The van der Waals surface area contributed by atoms with Crippen LogP contribution in [0.2, 0.25) is 0 Å². The molecule has 5 heteroatoms. The van der Waals surface area contributed by atoms with Crippen molar-refractivity contribution in [2.24, 2.45) is 0 Å². The largest absolute Gasteiger partial charge is 0.477 e. The van der Waals surface area contributed by atoms with Gasteiger partial charge in [0.15, 0.2) is 5.69 Å². The summed E-state index contributed by atoms with van der Waals surface area (Å²) in [6.07, 6.45) is 1.19. The third kappa shape index (κ3) is 2.26. The number of benzene rings is 1. The average molecular weight is 225 g/mol. The molecule has 2 aromatic rings. The smallest absolute Gasteiger partial charge is 0.354 e. The highest BCUT2D eigenvalue weighted by Crippen LogP contribution is 2.18. The van der Waals surface area contributed by atoms with E-state index in [4.69, 9.17) is 10.4 Å². The summed E-state index contributed by atoms with van der Waals surface area (Å²) in [5, 5.41) is 17.6. The standard InChI is InChI=1S/C12H7N3O2/c13-6-8-2-1-3-9(4-8)10-5-11(12(16)17)15-7-14-10/h1-5,7H,(H,16,17). The van der Waals surface area contributed by atoms with Crippen molar-refractivity contribution in [2.45, 2.75) is 0 Å². The summed E-state index contributed by atoms with van der Waals surface area (Å²) in [5.41, 5.74) is 1.60. The Bertz CT molecular complexity index is 617.